The van der Waals surface area contributed by atoms with Crippen LogP contribution in [0.1, 0.15) is 32.1 Å². The van der Waals surface area contributed by atoms with Crippen molar-refractivity contribution >= 4 is 17.1 Å². The van der Waals surface area contributed by atoms with Gasteiger partial charge in [0.1, 0.15) is 0 Å². The monoisotopic (exact) mass is 114 g/mol. The summed E-state index contributed by atoms with van der Waals surface area (Å²) in [7, 11) is 0. The van der Waals surface area contributed by atoms with Crippen LogP contribution in [0.5, 0.6) is 0 Å². The van der Waals surface area contributed by atoms with Crippen molar-refractivity contribution in [1.82, 2.24) is 0 Å². The summed E-state index contributed by atoms with van der Waals surface area (Å²) in [6.07, 6.45) is 6.53. The first-order chi connectivity index (χ1) is 3.39. The molecule has 1 aliphatic rings. The summed E-state index contributed by atoms with van der Waals surface area (Å²) in [4.78, 5) is 1.30. The van der Waals surface area contributed by atoms with Crippen LogP contribution in [0.25, 0.3) is 0 Å². The number of hydrogen-bond donors (Lipinski definition) is 0. The fourth-order valence-electron chi connectivity index (χ4n) is 0.946. The minimum atomic E-state index is 1.22. The molecule has 0 radical (unpaired) electrons. The van der Waals surface area contributed by atoms with Crippen molar-refractivity contribution in [2.75, 3.05) is 0 Å². The van der Waals surface area contributed by atoms with Gasteiger partial charge in [-0.05, 0) is 30.5 Å². The SMILES string of the molecule is S=C1CCCCC1. The Hall–Kier alpha value is 0.0900. The molecule has 0 atom stereocenters. The van der Waals surface area contributed by atoms with Crippen LogP contribution >= 0.6 is 12.2 Å². The molecule has 0 nitrogen and oxygen atoms in total. The Balaban J connectivity index is 2.25. The van der Waals surface area contributed by atoms with Crippen molar-refractivity contribution in [2.45, 2.75) is 32.1 Å². The molecule has 1 rings (SSSR count). The highest BCUT2D eigenvalue weighted by molar-refractivity contribution is 7.80. The van der Waals surface area contributed by atoms with Crippen LogP contribution < -0.4 is 0 Å². The van der Waals surface area contributed by atoms with Crippen molar-refractivity contribution in [3.8, 4) is 0 Å². The maximum absolute atomic E-state index is 5.01. The topological polar surface area (TPSA) is 0 Å². The normalized spacial score (nSPS) is 22.6. The summed E-state index contributed by atoms with van der Waals surface area (Å²) in [5.74, 6) is 0. The first kappa shape index (κ1) is 5.23. The molecule has 0 saturated heterocycles. The third kappa shape index (κ3) is 1.56. The van der Waals surface area contributed by atoms with E-state index in [9.17, 15) is 0 Å². The average molecular weight is 114 g/mol. The molecule has 0 unspecified atom stereocenters. The predicted molar refractivity (Wildman–Crippen MR) is 35.7 cm³/mol. The summed E-state index contributed by atoms with van der Waals surface area (Å²) in [6.45, 7) is 0. The van der Waals surface area contributed by atoms with Gasteiger partial charge >= 0.3 is 0 Å². The quantitative estimate of drug-likeness (QED) is 0.435. The van der Waals surface area contributed by atoms with Crippen LogP contribution in [0.4, 0.5) is 0 Å². The second-order valence-electron chi connectivity index (χ2n) is 2.10. The van der Waals surface area contributed by atoms with Gasteiger partial charge in [0.2, 0.25) is 0 Å². The Morgan fingerprint density at radius 3 is 1.86 bits per heavy atom. The Kier molecular flexibility index (Phi) is 1.80. The molecule has 0 spiro atoms. The third-order valence-electron chi connectivity index (χ3n) is 1.41. The van der Waals surface area contributed by atoms with E-state index in [-0.39, 0.29) is 0 Å². The van der Waals surface area contributed by atoms with Gasteiger partial charge in [0.15, 0.2) is 0 Å². The van der Waals surface area contributed by atoms with Crippen LogP contribution in [0.2, 0.25) is 0 Å². The molecule has 0 aromatic heterocycles. The van der Waals surface area contributed by atoms with Crippen LogP contribution in [0, 0.1) is 0 Å². The number of rotatable bonds is 0. The second-order valence-corrected chi connectivity index (χ2v) is 2.68. The highest BCUT2D eigenvalue weighted by atomic mass is 32.1. The fraction of sp³-hybridized carbons (Fsp3) is 0.833. The highest BCUT2D eigenvalue weighted by Gasteiger charge is 2.02. The van der Waals surface area contributed by atoms with Crippen molar-refractivity contribution in [2.24, 2.45) is 0 Å². The molecule has 1 heteroatoms. The Morgan fingerprint density at radius 2 is 1.57 bits per heavy atom. The number of thiocarbonyl (C=S) groups is 1. The Labute approximate surface area is 49.9 Å². The first-order valence-electron chi connectivity index (χ1n) is 2.91. The van der Waals surface area contributed by atoms with E-state index in [0.29, 0.717) is 0 Å². The summed E-state index contributed by atoms with van der Waals surface area (Å²) >= 11 is 5.01. The molecule has 0 bridgehead atoms. The Bertz CT molecular complexity index is 68.2. The molecule has 0 amide bonds. The molecular weight excluding hydrogens is 104 g/mol. The summed E-state index contributed by atoms with van der Waals surface area (Å²) in [5, 5.41) is 0. The summed E-state index contributed by atoms with van der Waals surface area (Å²) in [6, 6.07) is 0. The van der Waals surface area contributed by atoms with Crippen LogP contribution in [0.15, 0.2) is 0 Å². The molecule has 1 fully saturated rings. The van der Waals surface area contributed by atoms with E-state index in [2.05, 4.69) is 0 Å². The summed E-state index contributed by atoms with van der Waals surface area (Å²) < 4.78 is 0. The van der Waals surface area contributed by atoms with Gasteiger partial charge in [0.25, 0.3) is 0 Å². The Morgan fingerprint density at radius 1 is 1.00 bits per heavy atom. The lowest BCUT2D eigenvalue weighted by Crippen LogP contribution is -1.99. The lowest BCUT2D eigenvalue weighted by atomic mass is 10.0. The average Bonchev–Trinajstić information content (AvgIpc) is 1.69. The zero-order valence-electron chi connectivity index (χ0n) is 4.44. The van der Waals surface area contributed by atoms with Gasteiger partial charge in [0, 0.05) is 0 Å². The van der Waals surface area contributed by atoms with E-state index in [1.54, 1.807) is 0 Å². The maximum atomic E-state index is 5.01. The smallest absolute Gasteiger partial charge is 0.00715 e. The molecule has 7 heavy (non-hydrogen) atoms. The third-order valence-corrected chi connectivity index (χ3v) is 1.82. The number of hydrogen-bond acceptors (Lipinski definition) is 1. The molecule has 0 aromatic rings. The van der Waals surface area contributed by atoms with E-state index < -0.39 is 0 Å². The zero-order chi connectivity index (χ0) is 5.11. The van der Waals surface area contributed by atoms with E-state index in [1.165, 1.54) is 37.0 Å². The van der Waals surface area contributed by atoms with Gasteiger partial charge in [-0.3, -0.25) is 0 Å². The maximum Gasteiger partial charge on any atom is -0.00715 e. The van der Waals surface area contributed by atoms with Gasteiger partial charge in [-0.25, -0.2) is 0 Å². The molecule has 0 aliphatic heterocycles. The predicted octanol–water partition coefficient (Wildman–Crippen LogP) is 2.32. The van der Waals surface area contributed by atoms with Crippen molar-refractivity contribution in [1.29, 1.82) is 0 Å². The van der Waals surface area contributed by atoms with E-state index in [0.717, 1.165) is 0 Å². The molecule has 0 aromatic carbocycles. The lowest BCUT2D eigenvalue weighted by Gasteiger charge is -2.08. The lowest BCUT2D eigenvalue weighted by molar-refractivity contribution is 0.675. The second kappa shape index (κ2) is 2.41. The molecule has 1 saturated carbocycles. The van der Waals surface area contributed by atoms with E-state index in [4.69, 9.17) is 12.2 Å². The van der Waals surface area contributed by atoms with Gasteiger partial charge in [-0.2, -0.15) is 0 Å². The van der Waals surface area contributed by atoms with Gasteiger partial charge in [-0.1, -0.05) is 18.6 Å². The van der Waals surface area contributed by atoms with Gasteiger partial charge in [-0.15, -0.1) is 0 Å². The highest BCUT2D eigenvalue weighted by Crippen LogP contribution is 2.13. The zero-order valence-corrected chi connectivity index (χ0v) is 5.26. The first-order valence-corrected chi connectivity index (χ1v) is 3.32. The van der Waals surface area contributed by atoms with Crippen molar-refractivity contribution in [3.05, 3.63) is 0 Å². The minimum Gasteiger partial charge on any atom is -0.0897 e. The molecule has 1 aliphatic carbocycles. The van der Waals surface area contributed by atoms with E-state index in [1.807, 2.05) is 0 Å². The van der Waals surface area contributed by atoms with Crippen molar-refractivity contribution in [3.63, 3.8) is 0 Å². The van der Waals surface area contributed by atoms with Crippen LogP contribution in [-0.4, -0.2) is 4.86 Å². The molecule has 0 heterocycles. The molecule has 40 valence electrons. The van der Waals surface area contributed by atoms with Gasteiger partial charge in [0.05, 0.1) is 0 Å². The van der Waals surface area contributed by atoms with Crippen LogP contribution in [-0.2, 0) is 0 Å². The summed E-state index contributed by atoms with van der Waals surface area (Å²) in [5.41, 5.74) is 0. The molecular formula is C6H10S. The molecule has 0 N–H and O–H groups in total. The van der Waals surface area contributed by atoms with Crippen LogP contribution in [0.3, 0.4) is 0 Å². The fourth-order valence-corrected chi connectivity index (χ4v) is 1.23. The largest absolute Gasteiger partial charge is 0.0897 e. The van der Waals surface area contributed by atoms with Crippen molar-refractivity contribution < 1.29 is 0 Å². The van der Waals surface area contributed by atoms with Gasteiger partial charge < -0.3 is 0 Å². The van der Waals surface area contributed by atoms with E-state index >= 15 is 0 Å². The standard InChI is InChI=1S/C6H10S/c7-6-4-2-1-3-5-6/h1-5H2. The minimum absolute atomic E-state index is 1.22.